The Labute approximate surface area is 113 Å². The summed E-state index contributed by atoms with van der Waals surface area (Å²) in [6.45, 7) is 1.50. The van der Waals surface area contributed by atoms with Crippen LogP contribution < -0.4 is 10.1 Å². The number of ether oxygens (including phenoxy) is 1. The van der Waals surface area contributed by atoms with Crippen LogP contribution in [-0.2, 0) is 4.79 Å². The molecular formula is C11H13BrClNO3. The molecule has 0 radical (unpaired) electrons. The molecule has 17 heavy (non-hydrogen) atoms. The van der Waals surface area contributed by atoms with Crippen molar-refractivity contribution in [3.63, 3.8) is 0 Å². The fourth-order valence-electron chi connectivity index (χ4n) is 1.10. The number of carbonyl (C=O) groups is 1. The van der Waals surface area contributed by atoms with E-state index in [4.69, 9.17) is 21.4 Å². The molecule has 1 aromatic rings. The summed E-state index contributed by atoms with van der Waals surface area (Å²) in [7, 11) is 0. The van der Waals surface area contributed by atoms with Gasteiger partial charge in [0, 0.05) is 11.1 Å². The van der Waals surface area contributed by atoms with Crippen molar-refractivity contribution in [2.45, 2.75) is 13.0 Å². The molecule has 0 fully saturated rings. The van der Waals surface area contributed by atoms with E-state index >= 15 is 0 Å². The van der Waals surface area contributed by atoms with Crippen LogP contribution in [0.3, 0.4) is 0 Å². The highest BCUT2D eigenvalue weighted by atomic mass is 79.9. The Morgan fingerprint density at radius 3 is 2.94 bits per heavy atom. The molecule has 0 aliphatic carbocycles. The van der Waals surface area contributed by atoms with E-state index in [1.54, 1.807) is 25.1 Å². The molecule has 0 spiro atoms. The number of hydrogen-bond acceptors (Lipinski definition) is 3. The summed E-state index contributed by atoms with van der Waals surface area (Å²) >= 11 is 9.06. The zero-order chi connectivity index (χ0) is 12.8. The van der Waals surface area contributed by atoms with E-state index in [2.05, 4.69) is 21.2 Å². The summed E-state index contributed by atoms with van der Waals surface area (Å²) in [4.78, 5) is 11.4. The summed E-state index contributed by atoms with van der Waals surface area (Å²) in [5.74, 6) is 0.259. The maximum Gasteiger partial charge on any atom is 0.258 e. The summed E-state index contributed by atoms with van der Waals surface area (Å²) in [5.41, 5.74) is 0. The molecule has 1 rings (SSSR count). The zero-order valence-electron chi connectivity index (χ0n) is 9.24. The Balaban J connectivity index is 2.47. The van der Waals surface area contributed by atoms with Crippen molar-refractivity contribution in [1.82, 2.24) is 5.32 Å². The van der Waals surface area contributed by atoms with Gasteiger partial charge in [-0.15, -0.1) is 0 Å². The SMILES string of the molecule is C[C@H](CO)NC(=O)COc1ccc(Cl)cc1Br. The van der Waals surface area contributed by atoms with E-state index in [0.717, 1.165) is 0 Å². The molecule has 0 unspecified atom stereocenters. The normalized spacial score (nSPS) is 12.0. The van der Waals surface area contributed by atoms with Crippen LogP contribution in [0.2, 0.25) is 5.02 Å². The molecule has 2 N–H and O–H groups in total. The van der Waals surface area contributed by atoms with Crippen LogP contribution in [-0.4, -0.2) is 30.3 Å². The highest BCUT2D eigenvalue weighted by Crippen LogP contribution is 2.27. The lowest BCUT2D eigenvalue weighted by Gasteiger charge is -2.12. The number of nitrogens with one attached hydrogen (secondary N) is 1. The minimum Gasteiger partial charge on any atom is -0.483 e. The quantitative estimate of drug-likeness (QED) is 0.871. The van der Waals surface area contributed by atoms with Gasteiger partial charge in [-0.2, -0.15) is 0 Å². The molecular weight excluding hydrogens is 309 g/mol. The van der Waals surface area contributed by atoms with Gasteiger partial charge in [0.1, 0.15) is 5.75 Å². The smallest absolute Gasteiger partial charge is 0.258 e. The van der Waals surface area contributed by atoms with E-state index in [1.165, 1.54) is 0 Å². The van der Waals surface area contributed by atoms with Crippen molar-refractivity contribution >= 4 is 33.4 Å². The first-order chi connectivity index (χ1) is 8.02. The predicted molar refractivity (Wildman–Crippen MR) is 69.3 cm³/mol. The Kier molecular flexibility index (Phi) is 5.74. The van der Waals surface area contributed by atoms with Crippen molar-refractivity contribution in [3.05, 3.63) is 27.7 Å². The van der Waals surface area contributed by atoms with Gasteiger partial charge >= 0.3 is 0 Å². The molecule has 0 saturated carbocycles. The first-order valence-electron chi connectivity index (χ1n) is 5.01. The summed E-state index contributed by atoms with van der Waals surface area (Å²) in [6, 6.07) is 4.76. The van der Waals surface area contributed by atoms with Crippen LogP contribution in [0.25, 0.3) is 0 Å². The number of rotatable bonds is 5. The number of benzene rings is 1. The molecule has 1 amide bonds. The molecule has 0 heterocycles. The van der Waals surface area contributed by atoms with Crippen LogP contribution in [0.4, 0.5) is 0 Å². The van der Waals surface area contributed by atoms with Gasteiger partial charge in [0.15, 0.2) is 6.61 Å². The first-order valence-corrected chi connectivity index (χ1v) is 6.18. The van der Waals surface area contributed by atoms with Gasteiger partial charge in [-0.05, 0) is 41.1 Å². The van der Waals surface area contributed by atoms with Crippen LogP contribution in [0.15, 0.2) is 22.7 Å². The molecule has 1 atom stereocenters. The third kappa shape index (κ3) is 4.93. The maximum atomic E-state index is 11.4. The lowest BCUT2D eigenvalue weighted by atomic mass is 10.3. The molecule has 0 saturated heterocycles. The minimum absolute atomic E-state index is 0.101. The zero-order valence-corrected chi connectivity index (χ0v) is 11.6. The van der Waals surface area contributed by atoms with Crippen molar-refractivity contribution in [2.24, 2.45) is 0 Å². The number of halogens is 2. The third-order valence-electron chi connectivity index (χ3n) is 1.93. The molecule has 94 valence electrons. The molecule has 6 heteroatoms. The second-order valence-electron chi connectivity index (χ2n) is 3.51. The van der Waals surface area contributed by atoms with Crippen molar-refractivity contribution in [3.8, 4) is 5.75 Å². The van der Waals surface area contributed by atoms with E-state index < -0.39 is 0 Å². The number of hydrogen-bond donors (Lipinski definition) is 2. The summed E-state index contributed by atoms with van der Waals surface area (Å²) in [6.07, 6.45) is 0. The monoisotopic (exact) mass is 321 g/mol. The Morgan fingerprint density at radius 1 is 1.65 bits per heavy atom. The van der Waals surface area contributed by atoms with Gasteiger partial charge < -0.3 is 15.2 Å². The largest absolute Gasteiger partial charge is 0.483 e. The van der Waals surface area contributed by atoms with E-state index in [0.29, 0.717) is 15.2 Å². The van der Waals surface area contributed by atoms with Gasteiger partial charge in [-0.1, -0.05) is 11.6 Å². The fourth-order valence-corrected chi connectivity index (χ4v) is 1.89. The lowest BCUT2D eigenvalue weighted by Crippen LogP contribution is -2.38. The number of carbonyl (C=O) groups excluding carboxylic acids is 1. The molecule has 1 aromatic carbocycles. The van der Waals surface area contributed by atoms with E-state index in [1.807, 2.05) is 0 Å². The summed E-state index contributed by atoms with van der Waals surface area (Å²) in [5, 5.41) is 11.9. The maximum absolute atomic E-state index is 11.4. The van der Waals surface area contributed by atoms with Crippen LogP contribution in [0.5, 0.6) is 5.75 Å². The van der Waals surface area contributed by atoms with Crippen molar-refractivity contribution in [2.75, 3.05) is 13.2 Å². The molecule has 4 nitrogen and oxygen atoms in total. The molecule has 0 aliphatic heterocycles. The average molecular weight is 323 g/mol. The highest BCUT2D eigenvalue weighted by molar-refractivity contribution is 9.10. The number of aliphatic hydroxyl groups is 1. The van der Waals surface area contributed by atoms with Gasteiger partial charge in [-0.3, -0.25) is 4.79 Å². The molecule has 0 aliphatic rings. The highest BCUT2D eigenvalue weighted by Gasteiger charge is 2.08. The Bertz CT molecular complexity index is 400. The molecule has 0 aromatic heterocycles. The second-order valence-corrected chi connectivity index (χ2v) is 4.81. The van der Waals surface area contributed by atoms with E-state index in [9.17, 15) is 4.79 Å². The van der Waals surface area contributed by atoms with Gasteiger partial charge in [0.05, 0.1) is 11.1 Å². The third-order valence-corrected chi connectivity index (χ3v) is 2.79. The van der Waals surface area contributed by atoms with Crippen molar-refractivity contribution in [1.29, 1.82) is 0 Å². The van der Waals surface area contributed by atoms with Gasteiger partial charge in [0.2, 0.25) is 0 Å². The second kappa shape index (κ2) is 6.83. The Morgan fingerprint density at radius 2 is 2.35 bits per heavy atom. The minimum atomic E-state index is -0.284. The van der Waals surface area contributed by atoms with E-state index in [-0.39, 0.29) is 25.2 Å². The Hall–Kier alpha value is -0.780. The van der Waals surface area contributed by atoms with Gasteiger partial charge in [0.25, 0.3) is 5.91 Å². The fraction of sp³-hybridized carbons (Fsp3) is 0.364. The number of aliphatic hydroxyl groups excluding tert-OH is 1. The average Bonchev–Trinajstić information content (AvgIpc) is 2.27. The summed E-state index contributed by atoms with van der Waals surface area (Å²) < 4.78 is 5.99. The number of amides is 1. The van der Waals surface area contributed by atoms with Crippen LogP contribution in [0.1, 0.15) is 6.92 Å². The van der Waals surface area contributed by atoms with Gasteiger partial charge in [-0.25, -0.2) is 0 Å². The molecule has 0 bridgehead atoms. The standard InChI is InChI=1S/C11H13BrClNO3/c1-7(5-15)14-11(16)6-17-10-3-2-8(13)4-9(10)12/h2-4,7,15H,5-6H2,1H3,(H,14,16)/t7-/m1/s1. The predicted octanol–water partition coefficient (Wildman–Crippen LogP) is 1.98. The van der Waals surface area contributed by atoms with Crippen molar-refractivity contribution < 1.29 is 14.6 Å². The first kappa shape index (κ1) is 14.3. The lowest BCUT2D eigenvalue weighted by molar-refractivity contribution is -0.124. The van der Waals surface area contributed by atoms with Crippen LogP contribution in [0, 0.1) is 0 Å². The topological polar surface area (TPSA) is 58.6 Å². The van der Waals surface area contributed by atoms with Crippen LogP contribution >= 0.6 is 27.5 Å².